The van der Waals surface area contributed by atoms with E-state index in [1.54, 1.807) is 0 Å². The summed E-state index contributed by atoms with van der Waals surface area (Å²) in [6, 6.07) is 0. The Hall–Kier alpha value is -0.840. The Morgan fingerprint density at radius 3 is 2.54 bits per heavy atom. The molecule has 0 spiro atoms. The molecule has 0 radical (unpaired) electrons. The van der Waals surface area contributed by atoms with Crippen molar-refractivity contribution in [3.63, 3.8) is 0 Å². The third-order valence-electron chi connectivity index (χ3n) is 2.41. The minimum Gasteiger partial charge on any atom is -0.465 e. The smallest absolute Gasteiger partial charge is 0.404 e. The Morgan fingerprint density at radius 2 is 2.08 bits per heavy atom. The number of rotatable bonds is 2. The Balaban J connectivity index is 2.34. The van der Waals surface area contributed by atoms with E-state index in [0.29, 0.717) is 12.8 Å². The fraction of sp³-hybridized carbons (Fsp3) is 0.875. The molecule has 0 heterocycles. The van der Waals surface area contributed by atoms with Crippen molar-refractivity contribution in [2.24, 2.45) is 0 Å². The molecule has 1 amide bonds. The van der Waals surface area contributed by atoms with Crippen molar-refractivity contribution in [2.45, 2.75) is 37.5 Å². The van der Waals surface area contributed by atoms with Crippen LogP contribution >= 0.6 is 0 Å². The van der Waals surface area contributed by atoms with Gasteiger partial charge in [0.15, 0.2) is 0 Å². The van der Waals surface area contributed by atoms with Gasteiger partial charge >= 0.3 is 6.09 Å². The van der Waals surface area contributed by atoms with E-state index in [1.165, 1.54) is 0 Å². The standard InChI is InChI=1S/C8H14FNO3/c9-8(5-10-7(12)13)3-1-6(11)2-4-8/h6,10-11H,1-5H2,(H,12,13). The molecule has 13 heavy (non-hydrogen) atoms. The zero-order valence-electron chi connectivity index (χ0n) is 7.29. The van der Waals surface area contributed by atoms with Crippen LogP contribution in [0.2, 0.25) is 0 Å². The fourth-order valence-corrected chi connectivity index (χ4v) is 1.53. The van der Waals surface area contributed by atoms with Crippen LogP contribution in [0, 0.1) is 0 Å². The minimum absolute atomic E-state index is 0.172. The maximum Gasteiger partial charge on any atom is 0.404 e. The van der Waals surface area contributed by atoms with Gasteiger partial charge in [-0.15, -0.1) is 0 Å². The van der Waals surface area contributed by atoms with Gasteiger partial charge in [-0.3, -0.25) is 0 Å². The van der Waals surface area contributed by atoms with Gasteiger partial charge in [-0.1, -0.05) is 0 Å². The van der Waals surface area contributed by atoms with Crippen molar-refractivity contribution >= 4 is 6.09 Å². The summed E-state index contributed by atoms with van der Waals surface area (Å²) in [5, 5.41) is 19.4. The molecular weight excluding hydrogens is 177 g/mol. The Bertz CT molecular complexity index is 190. The zero-order valence-corrected chi connectivity index (χ0v) is 7.29. The second-order valence-electron chi connectivity index (χ2n) is 3.54. The highest BCUT2D eigenvalue weighted by molar-refractivity contribution is 5.64. The molecule has 4 nitrogen and oxygen atoms in total. The number of nitrogens with one attached hydrogen (secondary N) is 1. The van der Waals surface area contributed by atoms with Gasteiger partial charge in [-0.25, -0.2) is 9.18 Å². The Kier molecular flexibility index (Phi) is 3.08. The van der Waals surface area contributed by atoms with Crippen molar-refractivity contribution in [1.29, 1.82) is 0 Å². The summed E-state index contributed by atoms with van der Waals surface area (Å²) in [4.78, 5) is 10.1. The second-order valence-corrected chi connectivity index (χ2v) is 3.54. The van der Waals surface area contributed by atoms with E-state index in [1.807, 2.05) is 5.32 Å². The largest absolute Gasteiger partial charge is 0.465 e. The molecule has 0 bridgehead atoms. The lowest BCUT2D eigenvalue weighted by Crippen LogP contribution is -2.42. The molecular formula is C8H14FNO3. The lowest BCUT2D eigenvalue weighted by atomic mass is 9.85. The van der Waals surface area contributed by atoms with Gasteiger partial charge in [0.05, 0.1) is 12.6 Å². The SMILES string of the molecule is O=C(O)NCC1(F)CCC(O)CC1. The molecule has 1 fully saturated rings. The van der Waals surface area contributed by atoms with E-state index >= 15 is 0 Å². The zero-order chi connectivity index (χ0) is 9.90. The highest BCUT2D eigenvalue weighted by Crippen LogP contribution is 2.31. The molecule has 0 aromatic carbocycles. The van der Waals surface area contributed by atoms with Gasteiger partial charge in [0.1, 0.15) is 5.67 Å². The van der Waals surface area contributed by atoms with Crippen LogP contribution in [0.4, 0.5) is 9.18 Å². The number of amides is 1. The van der Waals surface area contributed by atoms with Crippen molar-refractivity contribution in [3.8, 4) is 0 Å². The minimum atomic E-state index is -1.46. The molecule has 0 saturated heterocycles. The highest BCUT2D eigenvalue weighted by atomic mass is 19.1. The molecule has 0 unspecified atom stereocenters. The summed E-state index contributed by atoms with van der Waals surface area (Å²) in [7, 11) is 0. The summed E-state index contributed by atoms with van der Waals surface area (Å²) in [5.74, 6) is 0. The summed E-state index contributed by atoms with van der Waals surface area (Å²) < 4.78 is 13.7. The first-order chi connectivity index (χ1) is 6.02. The van der Waals surface area contributed by atoms with Gasteiger partial charge in [-0.2, -0.15) is 0 Å². The molecule has 0 atom stereocenters. The second kappa shape index (κ2) is 3.91. The van der Waals surface area contributed by atoms with Crippen LogP contribution in [0.15, 0.2) is 0 Å². The van der Waals surface area contributed by atoms with Gasteiger partial charge in [-0.05, 0) is 25.7 Å². The number of alkyl halides is 1. The van der Waals surface area contributed by atoms with E-state index in [9.17, 15) is 9.18 Å². The number of hydrogen-bond donors (Lipinski definition) is 3. The third kappa shape index (κ3) is 3.18. The lowest BCUT2D eigenvalue weighted by molar-refractivity contribution is 0.0340. The molecule has 0 aromatic heterocycles. The van der Waals surface area contributed by atoms with Crippen LogP contribution in [0.1, 0.15) is 25.7 Å². The van der Waals surface area contributed by atoms with Crippen LogP contribution in [0.5, 0.6) is 0 Å². The monoisotopic (exact) mass is 191 g/mol. The summed E-state index contributed by atoms with van der Waals surface area (Å²) in [5.41, 5.74) is -1.46. The van der Waals surface area contributed by atoms with E-state index in [0.717, 1.165) is 0 Å². The molecule has 5 heteroatoms. The average Bonchev–Trinajstić information content (AvgIpc) is 2.08. The topological polar surface area (TPSA) is 69.6 Å². The first kappa shape index (κ1) is 10.2. The molecule has 3 N–H and O–H groups in total. The van der Waals surface area contributed by atoms with Crippen molar-refractivity contribution in [1.82, 2.24) is 5.32 Å². The average molecular weight is 191 g/mol. The van der Waals surface area contributed by atoms with Crippen LogP contribution in [-0.2, 0) is 0 Å². The number of aliphatic hydroxyl groups excluding tert-OH is 1. The Labute approximate surface area is 75.8 Å². The fourth-order valence-electron chi connectivity index (χ4n) is 1.53. The lowest BCUT2D eigenvalue weighted by Gasteiger charge is -2.31. The summed E-state index contributed by atoms with van der Waals surface area (Å²) in [6.07, 6.45) is -0.338. The van der Waals surface area contributed by atoms with E-state index in [4.69, 9.17) is 10.2 Å². The molecule has 0 aromatic rings. The molecule has 1 saturated carbocycles. The van der Waals surface area contributed by atoms with Crippen LogP contribution in [-0.4, -0.2) is 34.6 Å². The molecule has 1 rings (SSSR count). The first-order valence-electron chi connectivity index (χ1n) is 4.36. The number of halogens is 1. The van der Waals surface area contributed by atoms with E-state index < -0.39 is 17.9 Å². The molecule has 76 valence electrons. The predicted octanol–water partition coefficient (Wildman–Crippen LogP) is 0.897. The van der Waals surface area contributed by atoms with Crippen LogP contribution in [0.25, 0.3) is 0 Å². The van der Waals surface area contributed by atoms with Crippen molar-refractivity contribution < 1.29 is 19.4 Å². The molecule has 1 aliphatic rings. The number of carbonyl (C=O) groups is 1. The number of carboxylic acid groups (broad SMARTS) is 1. The number of aliphatic hydroxyl groups is 1. The molecule has 0 aliphatic heterocycles. The van der Waals surface area contributed by atoms with Crippen molar-refractivity contribution in [3.05, 3.63) is 0 Å². The normalized spacial score (nSPS) is 34.2. The maximum absolute atomic E-state index is 13.7. The van der Waals surface area contributed by atoms with E-state index in [2.05, 4.69) is 0 Å². The Morgan fingerprint density at radius 1 is 1.54 bits per heavy atom. The quantitative estimate of drug-likeness (QED) is 0.607. The van der Waals surface area contributed by atoms with Gasteiger partial charge < -0.3 is 15.5 Å². The molecule has 1 aliphatic carbocycles. The highest BCUT2D eigenvalue weighted by Gasteiger charge is 2.34. The predicted molar refractivity (Wildman–Crippen MR) is 44.3 cm³/mol. The first-order valence-corrected chi connectivity index (χ1v) is 4.36. The van der Waals surface area contributed by atoms with Crippen molar-refractivity contribution in [2.75, 3.05) is 6.54 Å². The van der Waals surface area contributed by atoms with Gasteiger partial charge in [0.25, 0.3) is 0 Å². The van der Waals surface area contributed by atoms with Crippen LogP contribution in [0.3, 0.4) is 0 Å². The van der Waals surface area contributed by atoms with Gasteiger partial charge in [0.2, 0.25) is 0 Å². The van der Waals surface area contributed by atoms with Crippen LogP contribution < -0.4 is 5.32 Å². The van der Waals surface area contributed by atoms with Gasteiger partial charge in [0, 0.05) is 0 Å². The van der Waals surface area contributed by atoms with E-state index in [-0.39, 0.29) is 19.4 Å². The maximum atomic E-state index is 13.7. The third-order valence-corrected chi connectivity index (χ3v) is 2.41. The summed E-state index contributed by atoms with van der Waals surface area (Å²) in [6.45, 7) is -0.172. The number of hydrogen-bond acceptors (Lipinski definition) is 2. The summed E-state index contributed by atoms with van der Waals surface area (Å²) >= 11 is 0.